The molecule has 0 saturated heterocycles. The van der Waals surface area contributed by atoms with E-state index in [1.54, 1.807) is 0 Å². The molecule has 0 spiro atoms. The first-order valence-electron chi connectivity index (χ1n) is 5.30. The zero-order valence-corrected chi connectivity index (χ0v) is 7.71. The van der Waals surface area contributed by atoms with Crippen LogP contribution in [0, 0.1) is 11.8 Å². The summed E-state index contributed by atoms with van der Waals surface area (Å²) in [5, 5.41) is 0. The van der Waals surface area contributed by atoms with Crippen LogP contribution in [0.2, 0.25) is 0 Å². The van der Waals surface area contributed by atoms with Crippen molar-refractivity contribution >= 4 is 0 Å². The fourth-order valence-electron chi connectivity index (χ4n) is 2.56. The van der Waals surface area contributed by atoms with Gasteiger partial charge in [-0.2, -0.15) is 0 Å². The smallest absolute Gasteiger partial charge is 0.0202 e. The molecule has 2 rings (SSSR count). The van der Waals surface area contributed by atoms with E-state index in [1.165, 1.54) is 38.5 Å². The Kier molecular flexibility index (Phi) is 2.65. The van der Waals surface area contributed by atoms with Gasteiger partial charge in [0.25, 0.3) is 0 Å². The van der Waals surface area contributed by atoms with Gasteiger partial charge in [-0.05, 0) is 43.9 Å². The third-order valence-electron chi connectivity index (χ3n) is 3.27. The molecule has 2 atom stereocenters. The number of hydrogen-bond donors (Lipinski definition) is 0. The van der Waals surface area contributed by atoms with Gasteiger partial charge in [0.15, 0.2) is 0 Å². The van der Waals surface area contributed by atoms with Crippen LogP contribution in [-0.2, 0) is 0 Å². The molecule has 0 radical (unpaired) electrons. The van der Waals surface area contributed by atoms with E-state index in [0.29, 0.717) is 0 Å². The molecule has 12 heavy (non-hydrogen) atoms. The fraction of sp³-hybridized carbons (Fsp3) is 0.667. The summed E-state index contributed by atoms with van der Waals surface area (Å²) in [6.45, 7) is 0. The highest BCUT2D eigenvalue weighted by molar-refractivity contribution is 5.07. The van der Waals surface area contributed by atoms with Gasteiger partial charge >= 0.3 is 0 Å². The zero-order valence-electron chi connectivity index (χ0n) is 7.71. The summed E-state index contributed by atoms with van der Waals surface area (Å²) in [7, 11) is 0. The predicted molar refractivity (Wildman–Crippen MR) is 53.0 cm³/mol. The van der Waals surface area contributed by atoms with Gasteiger partial charge < -0.3 is 0 Å². The average molecular weight is 162 g/mol. The lowest BCUT2D eigenvalue weighted by molar-refractivity contribution is 0.416. The zero-order chi connectivity index (χ0) is 8.23. The Morgan fingerprint density at radius 1 is 0.917 bits per heavy atom. The fourth-order valence-corrected chi connectivity index (χ4v) is 2.56. The van der Waals surface area contributed by atoms with Gasteiger partial charge in [0.1, 0.15) is 0 Å². The molecule has 2 aliphatic rings. The van der Waals surface area contributed by atoms with Crippen LogP contribution in [0.15, 0.2) is 24.3 Å². The third kappa shape index (κ3) is 1.80. The first-order valence-corrected chi connectivity index (χ1v) is 5.30. The van der Waals surface area contributed by atoms with Crippen LogP contribution in [0.4, 0.5) is 0 Å². The summed E-state index contributed by atoms with van der Waals surface area (Å²) < 4.78 is 0. The molecule has 0 heterocycles. The Labute approximate surface area is 75.4 Å². The van der Waals surface area contributed by atoms with Crippen molar-refractivity contribution < 1.29 is 0 Å². The van der Waals surface area contributed by atoms with Crippen molar-refractivity contribution in [3.63, 3.8) is 0 Å². The van der Waals surface area contributed by atoms with Crippen molar-refractivity contribution in [2.24, 2.45) is 11.8 Å². The molecule has 0 N–H and O–H groups in total. The summed E-state index contributed by atoms with van der Waals surface area (Å²) in [5.41, 5.74) is 0. The van der Waals surface area contributed by atoms with Crippen molar-refractivity contribution in [2.45, 2.75) is 38.5 Å². The van der Waals surface area contributed by atoms with Gasteiger partial charge in [-0.25, -0.2) is 0 Å². The van der Waals surface area contributed by atoms with Crippen LogP contribution < -0.4 is 0 Å². The minimum Gasteiger partial charge on any atom is -0.0845 e. The van der Waals surface area contributed by atoms with E-state index in [1.807, 2.05) is 0 Å². The third-order valence-corrected chi connectivity index (χ3v) is 3.27. The summed E-state index contributed by atoms with van der Waals surface area (Å²) in [4.78, 5) is 0. The second kappa shape index (κ2) is 3.93. The molecule has 2 unspecified atom stereocenters. The number of fused-ring (bicyclic) bond motifs is 1. The summed E-state index contributed by atoms with van der Waals surface area (Å²) in [6.07, 6.45) is 17.7. The van der Waals surface area contributed by atoms with E-state index >= 15 is 0 Å². The maximum absolute atomic E-state index is 2.43. The molecule has 0 aromatic heterocycles. The van der Waals surface area contributed by atoms with Crippen molar-refractivity contribution in [2.75, 3.05) is 0 Å². The predicted octanol–water partition coefficient (Wildman–Crippen LogP) is 3.70. The molecule has 2 aliphatic carbocycles. The molecule has 0 bridgehead atoms. The largest absolute Gasteiger partial charge is 0.0845 e. The Bertz CT molecular complexity index is 188. The molecule has 1 fully saturated rings. The molecule has 0 aliphatic heterocycles. The topological polar surface area (TPSA) is 0 Å². The Morgan fingerprint density at radius 2 is 1.83 bits per heavy atom. The lowest BCUT2D eigenvalue weighted by Gasteiger charge is -2.14. The molecular formula is C12H18. The van der Waals surface area contributed by atoms with Gasteiger partial charge in [0.2, 0.25) is 0 Å². The number of rotatable bonds is 0. The van der Waals surface area contributed by atoms with Crippen LogP contribution in [0.1, 0.15) is 38.5 Å². The average Bonchev–Trinajstić information content (AvgIpc) is 2.50. The van der Waals surface area contributed by atoms with Crippen LogP contribution >= 0.6 is 0 Å². The maximum atomic E-state index is 2.43. The van der Waals surface area contributed by atoms with Crippen molar-refractivity contribution in [1.82, 2.24) is 0 Å². The van der Waals surface area contributed by atoms with E-state index < -0.39 is 0 Å². The summed E-state index contributed by atoms with van der Waals surface area (Å²) in [6, 6.07) is 0. The van der Waals surface area contributed by atoms with Gasteiger partial charge in [-0.15, -0.1) is 0 Å². The van der Waals surface area contributed by atoms with Crippen molar-refractivity contribution in [3.8, 4) is 0 Å². The lowest BCUT2D eigenvalue weighted by Crippen LogP contribution is -2.04. The highest BCUT2D eigenvalue weighted by Crippen LogP contribution is 2.36. The standard InChI is InChI=1S/C12H18/c1-2-4-7-11-9-6-10-12(11)8-5-3-1/h1-2,4,7,11-12H,3,5-6,8-10H2. The Balaban J connectivity index is 2.03. The molecule has 0 heteroatoms. The second-order valence-corrected chi connectivity index (χ2v) is 4.10. The molecule has 0 aromatic carbocycles. The molecule has 0 nitrogen and oxygen atoms in total. The SMILES string of the molecule is C1=CCCCC2CCCC2C=C1. The molecule has 0 aromatic rings. The Morgan fingerprint density at radius 3 is 2.83 bits per heavy atom. The highest BCUT2D eigenvalue weighted by Gasteiger charge is 2.24. The van der Waals surface area contributed by atoms with Crippen LogP contribution in [0.25, 0.3) is 0 Å². The van der Waals surface area contributed by atoms with Crippen LogP contribution in [0.5, 0.6) is 0 Å². The summed E-state index contributed by atoms with van der Waals surface area (Å²) in [5.74, 6) is 1.92. The van der Waals surface area contributed by atoms with Gasteiger partial charge in [0.05, 0.1) is 0 Å². The monoisotopic (exact) mass is 162 g/mol. The Hall–Kier alpha value is -0.520. The van der Waals surface area contributed by atoms with E-state index in [9.17, 15) is 0 Å². The van der Waals surface area contributed by atoms with Crippen molar-refractivity contribution in [3.05, 3.63) is 24.3 Å². The van der Waals surface area contributed by atoms with E-state index in [-0.39, 0.29) is 0 Å². The number of allylic oxidation sites excluding steroid dienone is 4. The molecule has 1 saturated carbocycles. The van der Waals surface area contributed by atoms with Crippen molar-refractivity contribution in [1.29, 1.82) is 0 Å². The minimum absolute atomic E-state index is 0.910. The second-order valence-electron chi connectivity index (χ2n) is 4.10. The normalized spacial score (nSPS) is 35.3. The van der Waals surface area contributed by atoms with Crippen LogP contribution in [-0.4, -0.2) is 0 Å². The van der Waals surface area contributed by atoms with Gasteiger partial charge in [-0.3, -0.25) is 0 Å². The number of hydrogen-bond acceptors (Lipinski definition) is 0. The van der Waals surface area contributed by atoms with Gasteiger partial charge in [0, 0.05) is 0 Å². The maximum Gasteiger partial charge on any atom is -0.0202 e. The van der Waals surface area contributed by atoms with Gasteiger partial charge in [-0.1, -0.05) is 30.7 Å². The quantitative estimate of drug-likeness (QED) is 0.509. The first-order chi connectivity index (χ1) is 5.97. The minimum atomic E-state index is 0.910. The molecule has 0 amide bonds. The highest BCUT2D eigenvalue weighted by atomic mass is 14.3. The van der Waals surface area contributed by atoms with E-state index in [0.717, 1.165) is 11.8 Å². The summed E-state index contributed by atoms with van der Waals surface area (Å²) >= 11 is 0. The molecular weight excluding hydrogens is 144 g/mol. The van der Waals surface area contributed by atoms with E-state index in [2.05, 4.69) is 24.3 Å². The molecule has 66 valence electrons. The van der Waals surface area contributed by atoms with E-state index in [4.69, 9.17) is 0 Å². The van der Waals surface area contributed by atoms with Crippen LogP contribution in [0.3, 0.4) is 0 Å². The first kappa shape index (κ1) is 8.10. The lowest BCUT2D eigenvalue weighted by atomic mass is 9.91.